The number of aromatic carboxylic acids is 1. The fourth-order valence-electron chi connectivity index (χ4n) is 3.09. The Labute approximate surface area is 186 Å². The zero-order valence-corrected chi connectivity index (χ0v) is 18.8. The van der Waals surface area contributed by atoms with Crippen LogP contribution in [0.15, 0.2) is 24.5 Å². The molecule has 0 atom stereocenters. The van der Waals surface area contributed by atoms with Gasteiger partial charge in [-0.2, -0.15) is 0 Å². The number of rotatable bonds is 12. The molecule has 0 saturated carbocycles. The third kappa shape index (κ3) is 7.67. The van der Waals surface area contributed by atoms with Crippen molar-refractivity contribution < 1.29 is 19.5 Å². The van der Waals surface area contributed by atoms with Crippen LogP contribution < -0.4 is 16.0 Å². The molecule has 2 aromatic heterocycles. The van der Waals surface area contributed by atoms with Crippen LogP contribution in [-0.2, 0) is 6.54 Å². The minimum Gasteiger partial charge on any atom is -0.478 e. The lowest BCUT2D eigenvalue weighted by Gasteiger charge is -2.07. The average molecular weight is 447 g/mol. The van der Waals surface area contributed by atoms with Crippen LogP contribution in [0, 0.1) is 6.92 Å². The molecule has 8 nitrogen and oxygen atoms in total. The highest BCUT2D eigenvalue weighted by atomic mass is 32.1. The number of anilines is 1. The van der Waals surface area contributed by atoms with E-state index in [9.17, 15) is 19.5 Å². The number of urea groups is 1. The lowest BCUT2D eigenvalue weighted by Crippen LogP contribution is -2.29. The summed E-state index contributed by atoms with van der Waals surface area (Å²) in [5.41, 5.74) is 1.15. The average Bonchev–Trinajstić information content (AvgIpc) is 3.08. The van der Waals surface area contributed by atoms with E-state index in [0.29, 0.717) is 18.7 Å². The van der Waals surface area contributed by atoms with Crippen molar-refractivity contribution in [3.8, 4) is 0 Å². The predicted molar refractivity (Wildman–Crippen MR) is 122 cm³/mol. The van der Waals surface area contributed by atoms with E-state index >= 15 is 0 Å². The maximum atomic E-state index is 12.6. The highest BCUT2D eigenvalue weighted by molar-refractivity contribution is 7.18. The van der Waals surface area contributed by atoms with Crippen molar-refractivity contribution in [1.82, 2.24) is 15.6 Å². The second-order valence-electron chi connectivity index (χ2n) is 7.25. The minimum absolute atomic E-state index is 0.0613. The number of nitrogens with zero attached hydrogens (tertiary/aromatic N) is 1. The summed E-state index contributed by atoms with van der Waals surface area (Å²) in [5.74, 6) is -1.57. The second-order valence-corrected chi connectivity index (χ2v) is 8.27. The second kappa shape index (κ2) is 12.7. The molecule has 31 heavy (non-hydrogen) atoms. The van der Waals surface area contributed by atoms with E-state index in [2.05, 4.69) is 27.9 Å². The summed E-state index contributed by atoms with van der Waals surface area (Å²) >= 11 is 0.962. The Kier molecular flexibility index (Phi) is 9.96. The zero-order chi connectivity index (χ0) is 22.6. The molecule has 0 aliphatic carbocycles. The number of carboxylic acids is 1. The van der Waals surface area contributed by atoms with Gasteiger partial charge in [0.2, 0.25) is 0 Å². The smallest absolute Gasteiger partial charge is 0.339 e. The summed E-state index contributed by atoms with van der Waals surface area (Å²) in [6.45, 7) is 4.55. The van der Waals surface area contributed by atoms with E-state index in [-0.39, 0.29) is 21.3 Å². The number of carbonyl (C=O) groups excluding carboxylic acids is 2. The standard InChI is InChI=1S/C22H30N4O4S/c1-3-4-5-6-7-8-11-24-22(30)26-20-17(21(28)29)15(2)18(31-20)19(27)25-14-16-9-12-23-13-10-16/h9-10,12-13H,3-8,11,14H2,1-2H3,(H,25,27)(H,28,29)(H2,24,26,30). The van der Waals surface area contributed by atoms with Crippen molar-refractivity contribution in [1.29, 1.82) is 0 Å². The Balaban J connectivity index is 1.94. The molecular weight excluding hydrogens is 416 g/mol. The summed E-state index contributed by atoms with van der Waals surface area (Å²) in [7, 11) is 0. The van der Waals surface area contributed by atoms with Crippen LogP contribution in [0.1, 0.15) is 76.6 Å². The van der Waals surface area contributed by atoms with E-state index in [1.54, 1.807) is 31.5 Å². The molecule has 0 spiro atoms. The van der Waals surface area contributed by atoms with Gasteiger partial charge in [0.25, 0.3) is 5.91 Å². The van der Waals surface area contributed by atoms with Crippen molar-refractivity contribution >= 4 is 34.2 Å². The number of hydrogen-bond donors (Lipinski definition) is 4. The molecule has 0 bridgehead atoms. The third-order valence-electron chi connectivity index (χ3n) is 4.81. The number of amides is 3. The number of unbranched alkanes of at least 4 members (excludes halogenated alkanes) is 5. The Bertz CT molecular complexity index is 883. The zero-order valence-electron chi connectivity index (χ0n) is 18.0. The molecule has 9 heteroatoms. The number of carboxylic acid groups (broad SMARTS) is 1. The molecule has 0 radical (unpaired) electrons. The fourth-order valence-corrected chi connectivity index (χ4v) is 4.20. The maximum absolute atomic E-state index is 12.6. The molecule has 0 saturated heterocycles. The molecule has 0 aromatic carbocycles. The van der Waals surface area contributed by atoms with Crippen LogP contribution in [0.5, 0.6) is 0 Å². The minimum atomic E-state index is -1.19. The number of carbonyl (C=O) groups is 3. The normalized spacial score (nSPS) is 10.5. The molecule has 2 heterocycles. The van der Waals surface area contributed by atoms with Crippen LogP contribution in [0.2, 0.25) is 0 Å². The molecule has 168 valence electrons. The molecule has 3 amide bonds. The van der Waals surface area contributed by atoms with Gasteiger partial charge in [-0.15, -0.1) is 11.3 Å². The molecule has 0 unspecified atom stereocenters. The predicted octanol–water partition coefficient (Wildman–Crippen LogP) is 4.56. The Hall–Kier alpha value is -2.94. The van der Waals surface area contributed by atoms with E-state index in [1.807, 2.05) is 0 Å². The van der Waals surface area contributed by atoms with E-state index in [1.165, 1.54) is 19.3 Å². The van der Waals surface area contributed by atoms with E-state index in [0.717, 1.165) is 36.2 Å². The summed E-state index contributed by atoms with van der Waals surface area (Å²) in [6.07, 6.45) is 9.93. The van der Waals surface area contributed by atoms with E-state index < -0.39 is 12.0 Å². The van der Waals surface area contributed by atoms with Crippen LogP contribution >= 0.6 is 11.3 Å². The first kappa shape index (κ1) is 24.3. The first-order valence-corrected chi connectivity index (χ1v) is 11.3. The lowest BCUT2D eigenvalue weighted by molar-refractivity contribution is 0.0697. The van der Waals surface area contributed by atoms with Gasteiger partial charge in [-0.3, -0.25) is 15.1 Å². The summed E-state index contributed by atoms with van der Waals surface area (Å²) < 4.78 is 0. The fraction of sp³-hybridized carbons (Fsp3) is 0.455. The molecule has 4 N–H and O–H groups in total. The van der Waals surface area contributed by atoms with Gasteiger partial charge in [-0.1, -0.05) is 39.0 Å². The van der Waals surface area contributed by atoms with Gasteiger partial charge in [-0.05, 0) is 36.6 Å². The molecule has 2 rings (SSSR count). The Morgan fingerprint density at radius 1 is 1.03 bits per heavy atom. The van der Waals surface area contributed by atoms with Gasteiger partial charge in [0.15, 0.2) is 0 Å². The summed E-state index contributed by atoms with van der Waals surface area (Å²) in [5, 5.41) is 17.8. The maximum Gasteiger partial charge on any atom is 0.339 e. The summed E-state index contributed by atoms with van der Waals surface area (Å²) in [6, 6.07) is 3.09. The largest absolute Gasteiger partial charge is 0.478 e. The molecule has 2 aromatic rings. The van der Waals surface area contributed by atoms with Gasteiger partial charge in [-0.25, -0.2) is 9.59 Å². The van der Waals surface area contributed by atoms with Crippen LogP contribution in [0.3, 0.4) is 0 Å². The Morgan fingerprint density at radius 3 is 2.39 bits per heavy atom. The number of aromatic nitrogens is 1. The van der Waals surface area contributed by atoms with Crippen molar-refractivity contribution in [3.05, 3.63) is 46.1 Å². The van der Waals surface area contributed by atoms with Gasteiger partial charge in [0.1, 0.15) is 5.00 Å². The van der Waals surface area contributed by atoms with E-state index in [4.69, 9.17) is 0 Å². The quantitative estimate of drug-likeness (QED) is 0.356. The number of nitrogens with one attached hydrogen (secondary N) is 3. The van der Waals surface area contributed by atoms with Crippen molar-refractivity contribution in [2.24, 2.45) is 0 Å². The lowest BCUT2D eigenvalue weighted by atomic mass is 10.1. The SMILES string of the molecule is CCCCCCCCNC(=O)Nc1sc(C(=O)NCc2ccncc2)c(C)c1C(=O)O. The topological polar surface area (TPSA) is 120 Å². The first-order chi connectivity index (χ1) is 14.9. The van der Waals surface area contributed by atoms with Crippen molar-refractivity contribution in [3.63, 3.8) is 0 Å². The summed E-state index contributed by atoms with van der Waals surface area (Å²) in [4.78, 5) is 40.7. The van der Waals surface area contributed by atoms with Gasteiger partial charge < -0.3 is 15.7 Å². The van der Waals surface area contributed by atoms with Gasteiger partial charge in [0.05, 0.1) is 10.4 Å². The molecule has 0 aliphatic heterocycles. The van der Waals surface area contributed by atoms with Gasteiger partial charge in [0, 0.05) is 25.5 Å². The third-order valence-corrected chi connectivity index (χ3v) is 6.02. The number of thiophene rings is 1. The number of hydrogen-bond acceptors (Lipinski definition) is 5. The molecule has 0 fully saturated rings. The van der Waals surface area contributed by atoms with Crippen LogP contribution in [0.25, 0.3) is 0 Å². The highest BCUT2D eigenvalue weighted by Gasteiger charge is 2.25. The van der Waals surface area contributed by atoms with Crippen LogP contribution in [-0.4, -0.2) is 34.5 Å². The highest BCUT2D eigenvalue weighted by Crippen LogP contribution is 2.33. The van der Waals surface area contributed by atoms with Gasteiger partial charge >= 0.3 is 12.0 Å². The van der Waals surface area contributed by atoms with Crippen molar-refractivity contribution in [2.45, 2.75) is 58.9 Å². The number of pyridine rings is 1. The Morgan fingerprint density at radius 2 is 1.71 bits per heavy atom. The molecular formula is C22H30N4O4S. The first-order valence-electron chi connectivity index (χ1n) is 10.5. The monoisotopic (exact) mass is 446 g/mol. The van der Waals surface area contributed by atoms with Crippen molar-refractivity contribution in [2.75, 3.05) is 11.9 Å². The molecule has 0 aliphatic rings. The van der Waals surface area contributed by atoms with Crippen LogP contribution in [0.4, 0.5) is 9.80 Å².